The van der Waals surface area contributed by atoms with Gasteiger partial charge in [0.05, 0.1) is 0 Å². The van der Waals surface area contributed by atoms with E-state index in [1.807, 2.05) is 0 Å². The summed E-state index contributed by atoms with van der Waals surface area (Å²) in [5.74, 6) is 0.316. The Hall–Kier alpha value is -0.590. The molecule has 0 atom stereocenters. The normalized spacial score (nSPS) is 12.3. The Morgan fingerprint density at radius 3 is 2.27 bits per heavy atom. The SMILES string of the molecule is CC=CCCCCCCC(C)(C)C(C)=O. The first-order valence-electron chi connectivity index (χ1n) is 6.13. The molecule has 0 N–H and O–H groups in total. The Kier molecular flexibility index (Phi) is 7.37. The third-order valence-electron chi connectivity index (χ3n) is 3.11. The minimum absolute atomic E-state index is 0.108. The molecule has 0 aliphatic carbocycles. The largest absolute Gasteiger partial charge is 0.299 e. The van der Waals surface area contributed by atoms with Crippen molar-refractivity contribution in [2.45, 2.75) is 66.2 Å². The Bertz CT molecular complexity index is 201. The molecule has 1 heteroatoms. The van der Waals surface area contributed by atoms with Crippen molar-refractivity contribution < 1.29 is 4.79 Å². The van der Waals surface area contributed by atoms with Crippen LogP contribution in [-0.2, 0) is 4.79 Å². The molecule has 88 valence electrons. The van der Waals surface area contributed by atoms with Crippen molar-refractivity contribution in [3.05, 3.63) is 12.2 Å². The highest BCUT2D eigenvalue weighted by atomic mass is 16.1. The fourth-order valence-electron chi connectivity index (χ4n) is 1.53. The van der Waals surface area contributed by atoms with E-state index in [2.05, 4.69) is 32.9 Å². The van der Waals surface area contributed by atoms with Gasteiger partial charge in [0, 0.05) is 5.41 Å². The third kappa shape index (κ3) is 7.35. The maximum Gasteiger partial charge on any atom is 0.135 e. The Balaban J connectivity index is 3.42. The summed E-state index contributed by atoms with van der Waals surface area (Å²) < 4.78 is 0. The van der Waals surface area contributed by atoms with E-state index in [0.29, 0.717) is 5.78 Å². The van der Waals surface area contributed by atoms with Crippen molar-refractivity contribution >= 4 is 5.78 Å². The van der Waals surface area contributed by atoms with Crippen LogP contribution in [0, 0.1) is 5.41 Å². The fraction of sp³-hybridized carbons (Fsp3) is 0.786. The van der Waals surface area contributed by atoms with Gasteiger partial charge in [-0.3, -0.25) is 4.79 Å². The molecule has 0 amide bonds. The molecule has 0 aromatic heterocycles. The lowest BCUT2D eigenvalue weighted by Crippen LogP contribution is -2.20. The summed E-state index contributed by atoms with van der Waals surface area (Å²) in [4.78, 5) is 11.3. The van der Waals surface area contributed by atoms with E-state index in [9.17, 15) is 4.79 Å². The van der Waals surface area contributed by atoms with E-state index in [-0.39, 0.29) is 5.41 Å². The maximum atomic E-state index is 11.3. The first-order valence-corrected chi connectivity index (χ1v) is 6.13. The molecule has 0 saturated carbocycles. The summed E-state index contributed by atoms with van der Waals surface area (Å²) in [6.07, 6.45) is 11.6. The van der Waals surface area contributed by atoms with Crippen LogP contribution in [0.25, 0.3) is 0 Å². The van der Waals surface area contributed by atoms with Gasteiger partial charge in [-0.15, -0.1) is 0 Å². The number of carbonyl (C=O) groups is 1. The van der Waals surface area contributed by atoms with Gasteiger partial charge in [0.15, 0.2) is 0 Å². The molecule has 1 nitrogen and oxygen atoms in total. The predicted octanol–water partition coefficient (Wildman–Crippen LogP) is 4.52. The highest BCUT2D eigenvalue weighted by Gasteiger charge is 2.22. The van der Waals surface area contributed by atoms with Gasteiger partial charge in [0.25, 0.3) is 0 Å². The zero-order chi connectivity index (χ0) is 11.7. The average Bonchev–Trinajstić information content (AvgIpc) is 2.16. The molecule has 0 spiro atoms. The van der Waals surface area contributed by atoms with Gasteiger partial charge in [-0.2, -0.15) is 0 Å². The van der Waals surface area contributed by atoms with Crippen LogP contribution < -0.4 is 0 Å². The minimum Gasteiger partial charge on any atom is -0.299 e. The smallest absolute Gasteiger partial charge is 0.135 e. The lowest BCUT2D eigenvalue weighted by molar-refractivity contribution is -0.125. The Labute approximate surface area is 95.0 Å². The number of unbranched alkanes of at least 4 members (excludes halogenated alkanes) is 4. The number of carbonyl (C=O) groups excluding carboxylic acids is 1. The van der Waals surface area contributed by atoms with E-state index < -0.39 is 0 Å². The second kappa shape index (κ2) is 7.67. The van der Waals surface area contributed by atoms with Crippen LogP contribution in [0.15, 0.2) is 12.2 Å². The average molecular weight is 210 g/mol. The lowest BCUT2D eigenvalue weighted by Gasteiger charge is -2.20. The van der Waals surface area contributed by atoms with Gasteiger partial charge < -0.3 is 0 Å². The van der Waals surface area contributed by atoms with Crippen molar-refractivity contribution in [3.8, 4) is 0 Å². The molecule has 0 saturated heterocycles. The fourth-order valence-corrected chi connectivity index (χ4v) is 1.53. The standard InChI is InChI=1S/C14H26O/c1-5-6-7-8-9-10-11-12-14(3,4)13(2)15/h5-6H,7-12H2,1-4H3. The quantitative estimate of drug-likeness (QED) is 0.425. The van der Waals surface area contributed by atoms with E-state index in [0.717, 1.165) is 6.42 Å². The van der Waals surface area contributed by atoms with Crippen LogP contribution in [-0.4, -0.2) is 5.78 Å². The highest BCUT2D eigenvalue weighted by molar-refractivity contribution is 5.81. The second-order valence-corrected chi connectivity index (χ2v) is 4.96. The number of ketones is 1. The zero-order valence-electron chi connectivity index (χ0n) is 10.8. The molecule has 0 rings (SSSR count). The van der Waals surface area contributed by atoms with E-state index in [1.165, 1.54) is 32.1 Å². The molecule has 0 unspecified atom stereocenters. The van der Waals surface area contributed by atoms with Gasteiger partial charge in [0.1, 0.15) is 5.78 Å². The van der Waals surface area contributed by atoms with Crippen molar-refractivity contribution in [1.82, 2.24) is 0 Å². The van der Waals surface area contributed by atoms with Crippen molar-refractivity contribution in [3.63, 3.8) is 0 Å². The molecule has 0 fully saturated rings. The molecule has 0 bridgehead atoms. The first kappa shape index (κ1) is 14.4. The molecule has 15 heavy (non-hydrogen) atoms. The van der Waals surface area contributed by atoms with Crippen LogP contribution >= 0.6 is 0 Å². The molecular formula is C14H26O. The zero-order valence-corrected chi connectivity index (χ0v) is 10.8. The summed E-state index contributed by atoms with van der Waals surface area (Å²) in [6.45, 7) is 7.87. The minimum atomic E-state index is -0.108. The van der Waals surface area contributed by atoms with Gasteiger partial charge in [-0.25, -0.2) is 0 Å². The molecule has 0 aliphatic rings. The Morgan fingerprint density at radius 2 is 1.73 bits per heavy atom. The molecule has 0 aliphatic heterocycles. The number of allylic oxidation sites excluding steroid dienone is 2. The van der Waals surface area contributed by atoms with Crippen LogP contribution in [0.2, 0.25) is 0 Å². The lowest BCUT2D eigenvalue weighted by atomic mass is 9.83. The van der Waals surface area contributed by atoms with Gasteiger partial charge in [-0.1, -0.05) is 45.3 Å². The third-order valence-corrected chi connectivity index (χ3v) is 3.11. The van der Waals surface area contributed by atoms with Crippen molar-refractivity contribution in [1.29, 1.82) is 0 Å². The molecular weight excluding hydrogens is 184 g/mol. The van der Waals surface area contributed by atoms with Gasteiger partial charge >= 0.3 is 0 Å². The summed E-state index contributed by atoms with van der Waals surface area (Å²) in [5, 5.41) is 0. The number of hydrogen-bond donors (Lipinski definition) is 0. The van der Waals surface area contributed by atoms with Gasteiger partial charge in [-0.05, 0) is 33.1 Å². The van der Waals surface area contributed by atoms with Crippen molar-refractivity contribution in [2.75, 3.05) is 0 Å². The van der Waals surface area contributed by atoms with E-state index in [4.69, 9.17) is 0 Å². The number of rotatable bonds is 8. The summed E-state index contributed by atoms with van der Waals surface area (Å²) in [6, 6.07) is 0. The van der Waals surface area contributed by atoms with E-state index in [1.54, 1.807) is 6.92 Å². The maximum absolute atomic E-state index is 11.3. The number of hydrogen-bond acceptors (Lipinski definition) is 1. The first-order chi connectivity index (χ1) is 7.00. The summed E-state index contributed by atoms with van der Waals surface area (Å²) in [7, 11) is 0. The van der Waals surface area contributed by atoms with Crippen LogP contribution in [0.3, 0.4) is 0 Å². The topological polar surface area (TPSA) is 17.1 Å². The molecule has 0 radical (unpaired) electrons. The van der Waals surface area contributed by atoms with Crippen molar-refractivity contribution in [2.24, 2.45) is 5.41 Å². The van der Waals surface area contributed by atoms with Gasteiger partial charge in [0.2, 0.25) is 0 Å². The molecule has 0 aromatic rings. The monoisotopic (exact) mass is 210 g/mol. The van der Waals surface area contributed by atoms with Crippen LogP contribution in [0.1, 0.15) is 66.2 Å². The summed E-state index contributed by atoms with van der Waals surface area (Å²) >= 11 is 0. The summed E-state index contributed by atoms with van der Waals surface area (Å²) in [5.41, 5.74) is -0.108. The highest BCUT2D eigenvalue weighted by Crippen LogP contribution is 2.24. The van der Waals surface area contributed by atoms with Crippen LogP contribution in [0.4, 0.5) is 0 Å². The predicted molar refractivity (Wildman–Crippen MR) is 67.0 cm³/mol. The molecule has 0 aromatic carbocycles. The van der Waals surface area contributed by atoms with E-state index >= 15 is 0 Å². The Morgan fingerprint density at radius 1 is 1.13 bits per heavy atom. The second-order valence-electron chi connectivity index (χ2n) is 4.96. The number of Topliss-reactive ketones (excluding diaryl/α,β-unsaturated/α-hetero) is 1. The molecule has 0 heterocycles. The van der Waals surface area contributed by atoms with Crippen LogP contribution in [0.5, 0.6) is 0 Å².